The molecule has 1 atom stereocenters. The van der Waals surface area contributed by atoms with E-state index in [0.29, 0.717) is 37.6 Å². The maximum Gasteiger partial charge on any atom is 0.260 e. The molecule has 0 spiro atoms. The van der Waals surface area contributed by atoms with Gasteiger partial charge in [-0.15, -0.1) is 0 Å². The van der Waals surface area contributed by atoms with E-state index in [4.69, 9.17) is 9.47 Å². The number of ether oxygens (including phenoxy) is 2. The van der Waals surface area contributed by atoms with E-state index >= 15 is 0 Å². The fraction of sp³-hybridized carbons (Fsp3) is 0.529. The van der Waals surface area contributed by atoms with Crippen molar-refractivity contribution in [3.05, 3.63) is 23.8 Å². The number of benzene rings is 1. The summed E-state index contributed by atoms with van der Waals surface area (Å²) in [6, 6.07) is 5.61. The van der Waals surface area contributed by atoms with Crippen molar-refractivity contribution in [2.24, 2.45) is 0 Å². The predicted octanol–water partition coefficient (Wildman–Crippen LogP) is 1.55. The first-order valence-electron chi connectivity index (χ1n) is 7.94. The van der Waals surface area contributed by atoms with E-state index in [1.807, 2.05) is 32.0 Å². The highest BCUT2D eigenvalue weighted by Gasteiger charge is 2.24. The van der Waals surface area contributed by atoms with E-state index < -0.39 is 0 Å². The number of hydrogen-bond donors (Lipinski definition) is 1. The highest BCUT2D eigenvalue weighted by molar-refractivity contribution is 5.79. The van der Waals surface area contributed by atoms with Crippen molar-refractivity contribution in [2.45, 2.75) is 26.2 Å². The van der Waals surface area contributed by atoms with Crippen LogP contribution in [0, 0.1) is 0 Å². The van der Waals surface area contributed by atoms with Crippen molar-refractivity contribution in [3.63, 3.8) is 0 Å². The molecule has 1 N–H and O–H groups in total. The third-order valence-corrected chi connectivity index (χ3v) is 4.10. The predicted molar refractivity (Wildman–Crippen MR) is 86.8 cm³/mol. The first-order valence-corrected chi connectivity index (χ1v) is 7.94. The van der Waals surface area contributed by atoms with Crippen LogP contribution in [0.15, 0.2) is 18.2 Å². The minimum Gasteiger partial charge on any atom is -0.493 e. The molecule has 1 aromatic rings. The molecule has 1 aromatic carbocycles. The molecule has 23 heavy (non-hydrogen) atoms. The molecule has 1 aliphatic rings. The van der Waals surface area contributed by atoms with Gasteiger partial charge in [0, 0.05) is 32.0 Å². The average molecular weight is 320 g/mol. The van der Waals surface area contributed by atoms with Gasteiger partial charge < -0.3 is 19.7 Å². The van der Waals surface area contributed by atoms with Crippen LogP contribution in [0.5, 0.6) is 11.5 Å². The lowest BCUT2D eigenvalue weighted by atomic mass is 9.98. The molecule has 0 saturated carbocycles. The van der Waals surface area contributed by atoms with E-state index in [-0.39, 0.29) is 24.3 Å². The van der Waals surface area contributed by atoms with Crippen molar-refractivity contribution >= 4 is 11.8 Å². The normalized spacial score (nSPS) is 16.8. The lowest BCUT2D eigenvalue weighted by molar-refractivity contribution is -0.133. The number of carbonyl (C=O) groups is 2. The Bertz CT molecular complexity index is 570. The van der Waals surface area contributed by atoms with Crippen LogP contribution in [0.1, 0.15) is 31.7 Å². The van der Waals surface area contributed by atoms with Gasteiger partial charge in [0.25, 0.3) is 5.91 Å². The molecule has 6 heteroatoms. The quantitative estimate of drug-likeness (QED) is 0.827. The maximum absolute atomic E-state index is 12.1. The zero-order valence-electron chi connectivity index (χ0n) is 13.9. The highest BCUT2D eigenvalue weighted by Crippen LogP contribution is 2.33. The second-order valence-electron chi connectivity index (χ2n) is 5.47. The average Bonchev–Trinajstić information content (AvgIpc) is 3.00. The highest BCUT2D eigenvalue weighted by atomic mass is 16.5. The van der Waals surface area contributed by atoms with Crippen LogP contribution in [0.2, 0.25) is 0 Å². The van der Waals surface area contributed by atoms with Crippen LogP contribution in [-0.4, -0.2) is 50.1 Å². The van der Waals surface area contributed by atoms with Crippen molar-refractivity contribution in [1.82, 2.24) is 10.2 Å². The van der Waals surface area contributed by atoms with Crippen LogP contribution >= 0.6 is 0 Å². The minimum atomic E-state index is -0.0554. The molecule has 2 rings (SSSR count). The van der Waals surface area contributed by atoms with Crippen molar-refractivity contribution in [3.8, 4) is 11.5 Å². The number of nitrogens with zero attached hydrogens (tertiary/aromatic N) is 1. The molecular weight excluding hydrogens is 296 g/mol. The van der Waals surface area contributed by atoms with Crippen LogP contribution in [0.3, 0.4) is 0 Å². The number of amides is 2. The Morgan fingerprint density at radius 2 is 2.04 bits per heavy atom. The summed E-state index contributed by atoms with van der Waals surface area (Å²) >= 11 is 0. The summed E-state index contributed by atoms with van der Waals surface area (Å²) in [6.07, 6.45) is 0.476. The molecule has 1 saturated heterocycles. The molecule has 0 bridgehead atoms. The Balaban J connectivity index is 2.10. The largest absolute Gasteiger partial charge is 0.493 e. The first kappa shape index (κ1) is 17.1. The van der Waals surface area contributed by atoms with Gasteiger partial charge in [-0.2, -0.15) is 0 Å². The Hall–Kier alpha value is -2.24. The van der Waals surface area contributed by atoms with Gasteiger partial charge in [0.15, 0.2) is 18.1 Å². The van der Waals surface area contributed by atoms with Gasteiger partial charge in [0.1, 0.15) is 0 Å². The molecule has 0 aromatic heterocycles. The molecular formula is C17H24N2O4. The Morgan fingerprint density at radius 3 is 2.61 bits per heavy atom. The van der Waals surface area contributed by atoms with E-state index in [2.05, 4.69) is 5.32 Å². The molecule has 2 amide bonds. The van der Waals surface area contributed by atoms with Crippen LogP contribution < -0.4 is 14.8 Å². The summed E-state index contributed by atoms with van der Waals surface area (Å²) < 4.78 is 11.0. The van der Waals surface area contributed by atoms with Gasteiger partial charge >= 0.3 is 0 Å². The number of likely N-dealkylation sites (N-methyl/N-ethyl adjacent to an activating group) is 1. The fourth-order valence-electron chi connectivity index (χ4n) is 2.71. The molecule has 0 aliphatic carbocycles. The van der Waals surface area contributed by atoms with Crippen LogP contribution in [0.4, 0.5) is 0 Å². The minimum absolute atomic E-state index is 0.0245. The third-order valence-electron chi connectivity index (χ3n) is 4.10. The number of hydrogen-bond acceptors (Lipinski definition) is 4. The van der Waals surface area contributed by atoms with E-state index in [0.717, 1.165) is 5.56 Å². The van der Waals surface area contributed by atoms with Gasteiger partial charge in [-0.1, -0.05) is 6.07 Å². The number of methoxy groups -OCH3 is 1. The number of nitrogens with one attached hydrogen (secondary N) is 1. The van der Waals surface area contributed by atoms with Crippen LogP contribution in [-0.2, 0) is 9.59 Å². The Labute approximate surface area is 136 Å². The zero-order chi connectivity index (χ0) is 16.8. The van der Waals surface area contributed by atoms with E-state index in [1.165, 1.54) is 0 Å². The first-order chi connectivity index (χ1) is 11.1. The van der Waals surface area contributed by atoms with Gasteiger partial charge in [0.05, 0.1) is 7.11 Å². The summed E-state index contributed by atoms with van der Waals surface area (Å²) in [4.78, 5) is 25.2. The second kappa shape index (κ2) is 7.85. The molecule has 0 radical (unpaired) electrons. The van der Waals surface area contributed by atoms with E-state index in [1.54, 1.807) is 12.0 Å². The molecule has 1 aliphatic heterocycles. The SMILES string of the molecule is CCN(CC)C(=O)COc1cc(C2CNC(=O)C2)ccc1OC. The van der Waals surface area contributed by atoms with Crippen molar-refractivity contribution < 1.29 is 19.1 Å². The molecule has 1 fully saturated rings. The van der Waals surface area contributed by atoms with Gasteiger partial charge in [-0.25, -0.2) is 0 Å². The molecule has 1 unspecified atom stereocenters. The summed E-state index contributed by atoms with van der Waals surface area (Å²) in [7, 11) is 1.56. The fourth-order valence-corrected chi connectivity index (χ4v) is 2.71. The molecule has 126 valence electrons. The smallest absolute Gasteiger partial charge is 0.260 e. The Kier molecular flexibility index (Phi) is 5.84. The second-order valence-corrected chi connectivity index (χ2v) is 5.47. The molecule has 1 heterocycles. The Morgan fingerprint density at radius 1 is 1.30 bits per heavy atom. The topological polar surface area (TPSA) is 67.9 Å². The van der Waals surface area contributed by atoms with Gasteiger partial charge in [-0.05, 0) is 31.5 Å². The van der Waals surface area contributed by atoms with Gasteiger partial charge in [0.2, 0.25) is 5.91 Å². The van der Waals surface area contributed by atoms with E-state index in [9.17, 15) is 9.59 Å². The lowest BCUT2D eigenvalue weighted by Gasteiger charge is -2.19. The third kappa shape index (κ3) is 4.15. The lowest BCUT2D eigenvalue weighted by Crippen LogP contribution is -2.34. The molecule has 6 nitrogen and oxygen atoms in total. The summed E-state index contributed by atoms with van der Waals surface area (Å²) in [5.41, 5.74) is 1.01. The summed E-state index contributed by atoms with van der Waals surface area (Å²) in [6.45, 7) is 5.79. The summed E-state index contributed by atoms with van der Waals surface area (Å²) in [5.74, 6) is 1.25. The maximum atomic E-state index is 12.1. The summed E-state index contributed by atoms with van der Waals surface area (Å²) in [5, 5.41) is 2.82. The van der Waals surface area contributed by atoms with Crippen molar-refractivity contribution in [1.29, 1.82) is 0 Å². The monoisotopic (exact) mass is 320 g/mol. The van der Waals surface area contributed by atoms with Crippen molar-refractivity contribution in [2.75, 3.05) is 33.4 Å². The zero-order valence-corrected chi connectivity index (χ0v) is 13.9. The van der Waals surface area contributed by atoms with Gasteiger partial charge in [-0.3, -0.25) is 9.59 Å². The number of carbonyl (C=O) groups excluding carboxylic acids is 2. The number of rotatable bonds is 7. The van der Waals surface area contributed by atoms with Crippen LogP contribution in [0.25, 0.3) is 0 Å². The standard InChI is InChI=1S/C17H24N2O4/c1-4-19(5-2)17(21)11-23-15-8-12(6-7-14(15)22-3)13-9-16(20)18-10-13/h6-8,13H,4-5,9-11H2,1-3H3,(H,18,20).